The van der Waals surface area contributed by atoms with E-state index < -0.39 is 10.1 Å². The van der Waals surface area contributed by atoms with Crippen LogP contribution in [0.3, 0.4) is 0 Å². The van der Waals surface area contributed by atoms with Crippen LogP contribution >= 0.6 is 0 Å². The molecular formula is C31H37N7O4S. The number of carbonyl (C=O) groups excluding carboxylic acids is 1. The van der Waals surface area contributed by atoms with Crippen molar-refractivity contribution in [3.8, 4) is 11.3 Å². The molecular weight excluding hydrogens is 566 g/mol. The van der Waals surface area contributed by atoms with E-state index in [4.69, 9.17) is 0 Å². The summed E-state index contributed by atoms with van der Waals surface area (Å²) >= 11 is 0. The Hall–Kier alpha value is -4.23. The molecule has 11 nitrogen and oxygen atoms in total. The number of hydrogen-bond acceptors (Lipinski definition) is 10. The second kappa shape index (κ2) is 14.8. The van der Waals surface area contributed by atoms with Gasteiger partial charge in [0.05, 0.1) is 19.1 Å². The highest BCUT2D eigenvalue weighted by Crippen LogP contribution is 2.24. The van der Waals surface area contributed by atoms with Crippen molar-refractivity contribution in [2.24, 2.45) is 0 Å². The number of nitrogens with one attached hydrogen (secondary N) is 2. The maximum absolute atomic E-state index is 12.9. The molecule has 0 radical (unpaired) electrons. The maximum Gasteiger partial charge on any atom is 0.264 e. The summed E-state index contributed by atoms with van der Waals surface area (Å²) in [6, 6.07) is 19.3. The van der Waals surface area contributed by atoms with E-state index >= 15 is 0 Å². The van der Waals surface area contributed by atoms with Crippen molar-refractivity contribution in [2.75, 3.05) is 57.2 Å². The van der Waals surface area contributed by atoms with Gasteiger partial charge < -0.3 is 15.5 Å². The van der Waals surface area contributed by atoms with Crippen LogP contribution in [-0.4, -0.2) is 85.7 Å². The predicted octanol–water partition coefficient (Wildman–Crippen LogP) is 4.18. The van der Waals surface area contributed by atoms with E-state index in [1.165, 1.54) is 5.56 Å². The van der Waals surface area contributed by atoms with E-state index in [0.29, 0.717) is 17.2 Å². The molecule has 43 heavy (non-hydrogen) atoms. The van der Waals surface area contributed by atoms with E-state index in [2.05, 4.69) is 46.6 Å². The maximum atomic E-state index is 12.9. The molecule has 2 N–H and O–H groups in total. The van der Waals surface area contributed by atoms with Gasteiger partial charge in [-0.3, -0.25) is 18.9 Å². The van der Waals surface area contributed by atoms with Crippen molar-refractivity contribution in [3.05, 3.63) is 95.9 Å². The zero-order valence-corrected chi connectivity index (χ0v) is 25.6. The van der Waals surface area contributed by atoms with Crippen LogP contribution in [0.25, 0.3) is 11.3 Å². The van der Waals surface area contributed by atoms with Gasteiger partial charge in [-0.25, -0.2) is 9.97 Å². The average molecular weight is 604 g/mol. The lowest BCUT2D eigenvalue weighted by molar-refractivity contribution is 0.102. The molecule has 2 aromatic carbocycles. The fourth-order valence-electron chi connectivity index (χ4n) is 4.28. The third kappa shape index (κ3) is 9.93. The van der Waals surface area contributed by atoms with Crippen LogP contribution in [0.5, 0.6) is 0 Å². The second-order valence-electron chi connectivity index (χ2n) is 10.3. The summed E-state index contributed by atoms with van der Waals surface area (Å²) in [6.45, 7) is 7.24. The van der Waals surface area contributed by atoms with Crippen LogP contribution < -0.4 is 10.6 Å². The molecule has 4 aromatic rings. The van der Waals surface area contributed by atoms with Crippen LogP contribution in [0.2, 0.25) is 0 Å². The number of pyridine rings is 1. The highest BCUT2D eigenvalue weighted by atomic mass is 32.2. The third-order valence-electron chi connectivity index (χ3n) is 6.88. The fourth-order valence-corrected chi connectivity index (χ4v) is 4.28. The number of anilines is 3. The van der Waals surface area contributed by atoms with Crippen LogP contribution in [0.1, 0.15) is 21.5 Å². The molecule has 226 valence electrons. The number of carbonyl (C=O) groups is 1. The van der Waals surface area contributed by atoms with Gasteiger partial charge in [0.2, 0.25) is 5.95 Å². The van der Waals surface area contributed by atoms with Crippen molar-refractivity contribution in [2.45, 2.75) is 13.5 Å². The number of hydrogen-bond donors (Lipinski definition) is 2. The van der Waals surface area contributed by atoms with E-state index in [-0.39, 0.29) is 5.91 Å². The molecule has 5 rings (SSSR count). The standard InChI is InChI=1S/C29H31N7O.C2H6O3S/c1-21-5-10-25(18-27(21)34-29-31-13-11-26(33-29)24-4-3-12-30-19-24)32-28(37)23-8-6-22(7-9-23)20-36-16-14-35(2)15-17-36;1-5-6(2,3)4/h3-13,18-19H,14-17,20H2,1-2H3,(H,32,37)(H,31,33,34);1-2H3. The highest BCUT2D eigenvalue weighted by molar-refractivity contribution is 7.85. The molecule has 1 fully saturated rings. The van der Waals surface area contributed by atoms with Crippen molar-refractivity contribution in [1.29, 1.82) is 0 Å². The third-order valence-corrected chi connectivity index (χ3v) is 7.48. The predicted molar refractivity (Wildman–Crippen MR) is 169 cm³/mol. The minimum atomic E-state index is -3.16. The number of aromatic nitrogens is 3. The van der Waals surface area contributed by atoms with Crippen LogP contribution in [0, 0.1) is 6.92 Å². The molecule has 0 bridgehead atoms. The molecule has 1 saturated heterocycles. The van der Waals surface area contributed by atoms with Crippen molar-refractivity contribution < 1.29 is 17.4 Å². The largest absolute Gasteiger partial charge is 0.324 e. The van der Waals surface area contributed by atoms with Gasteiger partial charge in [-0.15, -0.1) is 0 Å². The van der Waals surface area contributed by atoms with Gasteiger partial charge in [0, 0.05) is 73.8 Å². The minimum absolute atomic E-state index is 0.143. The Bertz CT molecular complexity index is 1610. The molecule has 0 atom stereocenters. The first kappa shape index (κ1) is 31.7. The molecule has 3 heterocycles. The second-order valence-corrected chi connectivity index (χ2v) is 12.0. The Kier molecular flexibility index (Phi) is 10.9. The normalized spacial score (nSPS) is 14.0. The summed E-state index contributed by atoms with van der Waals surface area (Å²) in [5.74, 6) is 0.333. The SMILES string of the molecule is COS(C)(=O)=O.Cc1ccc(NC(=O)c2ccc(CN3CCN(C)CC3)cc2)cc1Nc1nccc(-c2cccnc2)n1. The number of aryl methyl sites for hydroxylation is 1. The molecule has 1 aliphatic rings. The van der Waals surface area contributed by atoms with Gasteiger partial charge in [0.15, 0.2) is 0 Å². The molecule has 0 aliphatic carbocycles. The molecule has 12 heteroatoms. The summed E-state index contributed by atoms with van der Waals surface area (Å²) in [7, 11) is 0.118. The molecule has 0 unspecified atom stereocenters. The summed E-state index contributed by atoms with van der Waals surface area (Å²) in [5.41, 5.74) is 6.08. The molecule has 0 saturated carbocycles. The quantitative estimate of drug-likeness (QED) is 0.283. The van der Waals surface area contributed by atoms with Gasteiger partial charge in [0.25, 0.3) is 16.0 Å². The number of benzene rings is 2. The first-order valence-corrected chi connectivity index (χ1v) is 15.6. The highest BCUT2D eigenvalue weighted by Gasteiger charge is 2.14. The van der Waals surface area contributed by atoms with Crippen LogP contribution in [0.4, 0.5) is 17.3 Å². The Morgan fingerprint density at radius 3 is 2.37 bits per heavy atom. The number of likely N-dealkylation sites (N-methyl/N-ethyl adjacent to an activating group) is 1. The Labute approximate surface area is 253 Å². The van der Waals surface area contributed by atoms with Gasteiger partial charge in [-0.2, -0.15) is 8.42 Å². The summed E-state index contributed by atoms with van der Waals surface area (Å²) < 4.78 is 23.5. The van der Waals surface area contributed by atoms with Gasteiger partial charge in [0.1, 0.15) is 0 Å². The summed E-state index contributed by atoms with van der Waals surface area (Å²) in [4.78, 5) is 30.9. The number of rotatable bonds is 8. The van der Waals surface area contributed by atoms with E-state index in [1.807, 2.05) is 67.6 Å². The lowest BCUT2D eigenvalue weighted by atomic mass is 10.1. The lowest BCUT2D eigenvalue weighted by Gasteiger charge is -2.32. The van der Waals surface area contributed by atoms with E-state index in [9.17, 15) is 13.2 Å². The minimum Gasteiger partial charge on any atom is -0.324 e. The first-order valence-electron chi connectivity index (χ1n) is 13.8. The average Bonchev–Trinajstić information content (AvgIpc) is 3.01. The number of piperazine rings is 1. The summed E-state index contributed by atoms with van der Waals surface area (Å²) in [5, 5.41) is 6.29. The monoisotopic (exact) mass is 603 g/mol. The van der Waals surface area contributed by atoms with Crippen molar-refractivity contribution in [1.82, 2.24) is 24.8 Å². The molecule has 0 spiro atoms. The summed E-state index contributed by atoms with van der Waals surface area (Å²) in [6.07, 6.45) is 6.21. The van der Waals surface area contributed by atoms with Crippen LogP contribution in [0.15, 0.2) is 79.3 Å². The zero-order chi connectivity index (χ0) is 30.8. The number of nitrogens with zero attached hydrogens (tertiary/aromatic N) is 5. The van der Waals surface area contributed by atoms with Crippen molar-refractivity contribution >= 4 is 33.3 Å². The topological polar surface area (TPSA) is 130 Å². The zero-order valence-electron chi connectivity index (χ0n) is 24.8. The van der Waals surface area contributed by atoms with Gasteiger partial charge in [-0.05, 0) is 67.6 Å². The van der Waals surface area contributed by atoms with Gasteiger partial charge >= 0.3 is 0 Å². The molecule has 2 aromatic heterocycles. The smallest absolute Gasteiger partial charge is 0.264 e. The Morgan fingerprint density at radius 1 is 1.00 bits per heavy atom. The molecule has 1 aliphatic heterocycles. The molecule has 1 amide bonds. The van der Waals surface area contributed by atoms with E-state index in [0.717, 1.165) is 68.6 Å². The number of amides is 1. The van der Waals surface area contributed by atoms with E-state index in [1.54, 1.807) is 18.6 Å². The van der Waals surface area contributed by atoms with Gasteiger partial charge in [-0.1, -0.05) is 18.2 Å². The Balaban J connectivity index is 0.000000641. The Morgan fingerprint density at radius 2 is 1.72 bits per heavy atom. The first-order chi connectivity index (χ1) is 20.6. The van der Waals surface area contributed by atoms with Crippen LogP contribution in [-0.2, 0) is 20.8 Å². The van der Waals surface area contributed by atoms with Crippen molar-refractivity contribution in [3.63, 3.8) is 0 Å². The fraction of sp³-hybridized carbons (Fsp3) is 0.290. The lowest BCUT2D eigenvalue weighted by Crippen LogP contribution is -2.43.